The van der Waals surface area contributed by atoms with E-state index in [4.69, 9.17) is 11.0 Å². The SMILES string of the molecule is [2H]C([2H])([2H])c1ccc(-c2cc(C([2H])([2H])[2H])c(C([2H])([2H])C3CCC(C)(C)CC3)cn2)cc1. The smallest absolute Gasteiger partial charge is 0.0704 e. The van der Waals surface area contributed by atoms with Crippen LogP contribution in [0, 0.1) is 25.0 Å². The number of hydrogen-bond donors (Lipinski definition) is 0. The Morgan fingerprint density at radius 2 is 1.91 bits per heavy atom. The van der Waals surface area contributed by atoms with Crippen LogP contribution < -0.4 is 0 Å². The van der Waals surface area contributed by atoms with Crippen LogP contribution in [0.5, 0.6) is 0 Å². The lowest BCUT2D eigenvalue weighted by molar-refractivity contribution is 0.191. The number of hydrogen-bond acceptors (Lipinski definition) is 1. The molecule has 0 aliphatic heterocycles. The van der Waals surface area contributed by atoms with Gasteiger partial charge in [-0.3, -0.25) is 4.98 Å². The predicted octanol–water partition coefficient (Wildman–Crippen LogP) is 6.12. The highest BCUT2D eigenvalue weighted by Gasteiger charge is 2.27. The minimum Gasteiger partial charge on any atom is -0.256 e. The molecule has 3 rings (SSSR count). The van der Waals surface area contributed by atoms with Gasteiger partial charge in [-0.25, -0.2) is 0 Å². The van der Waals surface area contributed by atoms with Crippen molar-refractivity contribution in [2.45, 2.75) is 59.6 Å². The van der Waals surface area contributed by atoms with E-state index in [1.807, 2.05) is 0 Å². The zero-order chi connectivity index (χ0) is 23.2. The Bertz CT molecular complexity index is 916. The Morgan fingerprint density at radius 3 is 2.57 bits per heavy atom. The fraction of sp³-hybridized carbons (Fsp3) is 0.500. The lowest BCUT2D eigenvalue weighted by Gasteiger charge is -2.34. The maximum atomic E-state index is 8.80. The summed E-state index contributed by atoms with van der Waals surface area (Å²) in [4.78, 5) is 4.37. The van der Waals surface area contributed by atoms with Gasteiger partial charge >= 0.3 is 0 Å². The van der Waals surface area contributed by atoms with Gasteiger partial charge < -0.3 is 0 Å². The summed E-state index contributed by atoms with van der Waals surface area (Å²) >= 11 is 0. The van der Waals surface area contributed by atoms with Gasteiger partial charge in [0, 0.05) is 22.7 Å². The van der Waals surface area contributed by atoms with Crippen molar-refractivity contribution in [3.63, 3.8) is 0 Å². The summed E-state index contributed by atoms with van der Waals surface area (Å²) in [5.41, 5.74) is 1.44. The van der Waals surface area contributed by atoms with Crippen molar-refractivity contribution in [1.82, 2.24) is 4.98 Å². The summed E-state index contributed by atoms with van der Waals surface area (Å²) in [6.45, 7) is -0.349. The molecule has 0 spiro atoms. The summed E-state index contributed by atoms with van der Waals surface area (Å²) in [5.74, 6) is -0.257. The first kappa shape index (κ1) is 9.01. The summed E-state index contributed by atoms with van der Waals surface area (Å²) in [6, 6.07) is 7.60. The van der Waals surface area contributed by atoms with E-state index in [1.165, 1.54) is 24.4 Å². The Hall–Kier alpha value is -1.63. The molecule has 1 aliphatic rings. The second kappa shape index (κ2) is 6.47. The zero-order valence-electron chi connectivity index (χ0n) is 21.8. The van der Waals surface area contributed by atoms with Gasteiger partial charge in [0.1, 0.15) is 0 Å². The standard InChI is InChI=1S/C22H29N/c1-16-5-7-19(8-6-16)21-13-17(2)20(15-23-21)14-18-9-11-22(3,4)12-10-18/h5-8,13,15,18H,9-12,14H2,1-4H3/i1D3,2D3,14D2. The first-order valence-electron chi connectivity index (χ1n) is 12.2. The number of aryl methyl sites for hydroxylation is 2. The summed E-state index contributed by atoms with van der Waals surface area (Å²) in [7, 11) is 0. The fourth-order valence-electron chi connectivity index (χ4n) is 3.13. The normalized spacial score (nSPS) is 25.0. The average molecular weight is 316 g/mol. The second-order valence-electron chi connectivity index (χ2n) is 7.28. The Kier molecular flexibility index (Phi) is 2.53. The monoisotopic (exact) mass is 315 g/mol. The minimum absolute atomic E-state index is 0.0350. The molecule has 1 heteroatoms. The zero-order valence-corrected chi connectivity index (χ0v) is 13.8. The Balaban J connectivity index is 1.99. The molecule has 0 radical (unpaired) electrons. The summed E-state index contributed by atoms with van der Waals surface area (Å²) < 4.78 is 64.1. The van der Waals surface area contributed by atoms with Crippen LogP contribution in [0.1, 0.15) is 67.2 Å². The van der Waals surface area contributed by atoms with Gasteiger partial charge in [-0.1, -0.05) is 43.7 Å². The van der Waals surface area contributed by atoms with Gasteiger partial charge in [-0.05, 0) is 74.3 Å². The van der Waals surface area contributed by atoms with Crippen LogP contribution >= 0.6 is 0 Å². The van der Waals surface area contributed by atoms with Gasteiger partial charge in [-0.2, -0.15) is 0 Å². The Labute approximate surface area is 152 Å². The van der Waals surface area contributed by atoms with Gasteiger partial charge in [-0.15, -0.1) is 0 Å². The highest BCUT2D eigenvalue weighted by atomic mass is 14.7. The molecule has 122 valence electrons. The number of pyridine rings is 1. The largest absolute Gasteiger partial charge is 0.256 e. The highest BCUT2D eigenvalue weighted by molar-refractivity contribution is 5.60. The highest BCUT2D eigenvalue weighted by Crippen LogP contribution is 2.39. The predicted molar refractivity (Wildman–Crippen MR) is 98.6 cm³/mol. The molecule has 0 bridgehead atoms. The van der Waals surface area contributed by atoms with E-state index in [9.17, 15) is 0 Å². The van der Waals surface area contributed by atoms with E-state index in [-0.39, 0.29) is 28.0 Å². The van der Waals surface area contributed by atoms with Crippen molar-refractivity contribution in [2.24, 2.45) is 11.3 Å². The average Bonchev–Trinajstić information content (AvgIpc) is 2.66. The maximum absolute atomic E-state index is 8.80. The summed E-state index contributed by atoms with van der Waals surface area (Å²) in [5, 5.41) is 0. The number of rotatable bonds is 3. The molecule has 1 heterocycles. The topological polar surface area (TPSA) is 12.9 Å². The van der Waals surface area contributed by atoms with Crippen LogP contribution in [0.4, 0.5) is 0 Å². The molecule has 1 aromatic carbocycles. The van der Waals surface area contributed by atoms with E-state index < -0.39 is 20.1 Å². The third kappa shape index (κ3) is 4.02. The molecule has 0 unspecified atom stereocenters. The molecular formula is C22H29N. The lowest BCUT2D eigenvalue weighted by Crippen LogP contribution is -2.22. The van der Waals surface area contributed by atoms with E-state index in [1.54, 1.807) is 12.1 Å². The van der Waals surface area contributed by atoms with Crippen molar-refractivity contribution in [1.29, 1.82) is 0 Å². The third-order valence-electron chi connectivity index (χ3n) is 4.78. The van der Waals surface area contributed by atoms with E-state index in [0.29, 0.717) is 24.1 Å². The second-order valence-corrected chi connectivity index (χ2v) is 7.28. The van der Waals surface area contributed by atoms with Crippen molar-refractivity contribution in [3.05, 3.63) is 53.2 Å². The lowest BCUT2D eigenvalue weighted by atomic mass is 9.71. The van der Waals surface area contributed by atoms with Crippen LogP contribution in [0.2, 0.25) is 0 Å². The van der Waals surface area contributed by atoms with Crippen LogP contribution in [-0.2, 0) is 6.37 Å². The van der Waals surface area contributed by atoms with Gasteiger partial charge in [0.15, 0.2) is 0 Å². The molecule has 23 heavy (non-hydrogen) atoms. The number of nitrogens with zero attached hydrogens (tertiary/aromatic N) is 1. The molecule has 0 saturated heterocycles. The molecule has 1 fully saturated rings. The molecule has 1 aromatic heterocycles. The molecule has 1 nitrogen and oxygen atoms in total. The van der Waals surface area contributed by atoms with Crippen molar-refractivity contribution in [2.75, 3.05) is 0 Å². The van der Waals surface area contributed by atoms with E-state index in [0.717, 1.165) is 12.8 Å². The Morgan fingerprint density at radius 1 is 1.17 bits per heavy atom. The van der Waals surface area contributed by atoms with Gasteiger partial charge in [0.05, 0.1) is 5.69 Å². The quantitative estimate of drug-likeness (QED) is 0.664. The van der Waals surface area contributed by atoms with Crippen LogP contribution in [0.3, 0.4) is 0 Å². The number of aromatic nitrogens is 1. The molecule has 0 atom stereocenters. The molecule has 1 aliphatic carbocycles. The third-order valence-corrected chi connectivity index (χ3v) is 4.78. The molecular weight excluding hydrogens is 278 g/mol. The molecule has 0 amide bonds. The first-order chi connectivity index (χ1) is 14.1. The molecule has 1 saturated carbocycles. The molecule has 0 N–H and O–H groups in total. The van der Waals surface area contributed by atoms with Crippen LogP contribution in [-0.4, -0.2) is 4.98 Å². The first-order valence-corrected chi connectivity index (χ1v) is 8.23. The van der Waals surface area contributed by atoms with Crippen LogP contribution in [0.25, 0.3) is 11.3 Å². The van der Waals surface area contributed by atoms with Gasteiger partial charge in [0.25, 0.3) is 0 Å². The van der Waals surface area contributed by atoms with Crippen LogP contribution in [0.15, 0.2) is 36.5 Å². The van der Waals surface area contributed by atoms with E-state index in [2.05, 4.69) is 18.8 Å². The maximum Gasteiger partial charge on any atom is 0.0704 e. The minimum atomic E-state index is -2.49. The number of benzene rings is 1. The van der Waals surface area contributed by atoms with Gasteiger partial charge in [0.2, 0.25) is 0 Å². The van der Waals surface area contributed by atoms with Crippen molar-refractivity contribution < 1.29 is 11.0 Å². The molecule has 2 aromatic rings. The fourth-order valence-corrected chi connectivity index (χ4v) is 3.13. The van der Waals surface area contributed by atoms with Crippen molar-refractivity contribution >= 4 is 0 Å². The summed E-state index contributed by atoms with van der Waals surface area (Å²) in [6.07, 6.45) is 2.78. The van der Waals surface area contributed by atoms with Crippen molar-refractivity contribution in [3.8, 4) is 11.3 Å². The van der Waals surface area contributed by atoms with E-state index >= 15 is 0 Å².